The van der Waals surface area contributed by atoms with E-state index in [2.05, 4.69) is 5.32 Å². The topological polar surface area (TPSA) is 92.8 Å². The number of rotatable bonds is 5. The van der Waals surface area contributed by atoms with Crippen molar-refractivity contribution in [1.82, 2.24) is 9.62 Å². The van der Waals surface area contributed by atoms with Crippen LogP contribution in [0.1, 0.15) is 28.4 Å². The molecule has 0 aromatic heterocycles. The molecular weight excluding hydrogens is 380 g/mol. The standard InChI is InChI=1S/C20H20N2O5S/c1-13-18(15-8-10-17(27-3)11-9-15)28(25,26)22(20(13)24)12-14-4-6-16(7-5-14)19(23)21-2/h4-11H,12H2,1-3H3,(H,21,23). The van der Waals surface area contributed by atoms with Crippen molar-refractivity contribution in [2.75, 3.05) is 14.2 Å². The fraction of sp³-hybridized carbons (Fsp3) is 0.200. The van der Waals surface area contributed by atoms with Gasteiger partial charge >= 0.3 is 0 Å². The first kappa shape index (κ1) is 19.6. The lowest BCUT2D eigenvalue weighted by Crippen LogP contribution is -2.31. The third-order valence-corrected chi connectivity index (χ3v) is 6.49. The summed E-state index contributed by atoms with van der Waals surface area (Å²) in [5.74, 6) is -0.200. The Morgan fingerprint density at radius 1 is 1.07 bits per heavy atom. The van der Waals surface area contributed by atoms with Gasteiger partial charge in [0, 0.05) is 18.2 Å². The number of benzene rings is 2. The van der Waals surface area contributed by atoms with E-state index in [9.17, 15) is 18.0 Å². The average molecular weight is 400 g/mol. The van der Waals surface area contributed by atoms with Gasteiger partial charge in [0.25, 0.3) is 21.8 Å². The molecule has 8 heteroatoms. The smallest absolute Gasteiger partial charge is 0.268 e. The molecule has 1 N–H and O–H groups in total. The fourth-order valence-electron chi connectivity index (χ4n) is 3.03. The summed E-state index contributed by atoms with van der Waals surface area (Å²) in [6.45, 7) is 1.40. The molecule has 146 valence electrons. The molecule has 0 fully saturated rings. The molecule has 0 aliphatic carbocycles. The van der Waals surface area contributed by atoms with Gasteiger partial charge in [-0.15, -0.1) is 0 Å². The van der Waals surface area contributed by atoms with E-state index in [4.69, 9.17) is 4.74 Å². The minimum Gasteiger partial charge on any atom is -0.497 e. The molecule has 0 bridgehead atoms. The SMILES string of the molecule is CNC(=O)c1ccc(CN2C(=O)C(C)=C(c3ccc(OC)cc3)S2(=O)=O)cc1. The van der Waals surface area contributed by atoms with Crippen LogP contribution in [0, 0.1) is 0 Å². The molecule has 2 aromatic rings. The second-order valence-electron chi connectivity index (χ2n) is 6.28. The largest absolute Gasteiger partial charge is 0.497 e. The van der Waals surface area contributed by atoms with E-state index in [-0.39, 0.29) is 22.9 Å². The van der Waals surface area contributed by atoms with Gasteiger partial charge in [0.1, 0.15) is 10.7 Å². The highest BCUT2D eigenvalue weighted by Crippen LogP contribution is 2.36. The quantitative estimate of drug-likeness (QED) is 0.830. The van der Waals surface area contributed by atoms with Gasteiger partial charge in [-0.25, -0.2) is 12.7 Å². The molecule has 1 aliphatic heterocycles. The van der Waals surface area contributed by atoms with Crippen molar-refractivity contribution in [3.05, 3.63) is 70.8 Å². The molecule has 28 heavy (non-hydrogen) atoms. The fourth-order valence-corrected chi connectivity index (χ4v) is 4.84. The van der Waals surface area contributed by atoms with Crippen molar-refractivity contribution in [2.24, 2.45) is 0 Å². The lowest BCUT2D eigenvalue weighted by Gasteiger charge is -2.17. The number of methoxy groups -OCH3 is 1. The van der Waals surface area contributed by atoms with Gasteiger partial charge in [-0.3, -0.25) is 9.59 Å². The molecule has 0 atom stereocenters. The Balaban J connectivity index is 1.90. The Bertz CT molecular complexity index is 1050. The lowest BCUT2D eigenvalue weighted by molar-refractivity contribution is -0.122. The monoisotopic (exact) mass is 400 g/mol. The third-order valence-electron chi connectivity index (χ3n) is 4.56. The molecule has 2 amide bonds. The van der Waals surface area contributed by atoms with E-state index in [0.717, 1.165) is 4.31 Å². The van der Waals surface area contributed by atoms with Crippen molar-refractivity contribution >= 4 is 26.7 Å². The first-order valence-electron chi connectivity index (χ1n) is 8.53. The maximum absolute atomic E-state index is 13.0. The van der Waals surface area contributed by atoms with E-state index in [1.807, 2.05) is 0 Å². The second-order valence-corrected chi connectivity index (χ2v) is 8.07. The number of carbonyl (C=O) groups excluding carboxylic acids is 2. The zero-order valence-corrected chi connectivity index (χ0v) is 16.5. The Labute approximate surface area is 163 Å². The van der Waals surface area contributed by atoms with Gasteiger partial charge in [0.05, 0.1) is 13.7 Å². The summed E-state index contributed by atoms with van der Waals surface area (Å²) in [5.41, 5.74) is 1.67. The van der Waals surface area contributed by atoms with Gasteiger partial charge in [-0.2, -0.15) is 0 Å². The van der Waals surface area contributed by atoms with Gasteiger partial charge < -0.3 is 10.1 Å². The number of nitrogens with zero attached hydrogens (tertiary/aromatic N) is 1. The zero-order chi connectivity index (χ0) is 20.5. The van der Waals surface area contributed by atoms with Crippen molar-refractivity contribution in [2.45, 2.75) is 13.5 Å². The van der Waals surface area contributed by atoms with E-state index in [1.165, 1.54) is 21.1 Å². The van der Waals surface area contributed by atoms with Crippen LogP contribution in [-0.4, -0.2) is 38.7 Å². The van der Waals surface area contributed by atoms with Crippen LogP contribution < -0.4 is 10.1 Å². The molecule has 0 unspecified atom stereocenters. The average Bonchev–Trinajstić information content (AvgIpc) is 2.87. The van der Waals surface area contributed by atoms with Crippen LogP contribution in [0.5, 0.6) is 5.75 Å². The van der Waals surface area contributed by atoms with Crippen molar-refractivity contribution in [3.63, 3.8) is 0 Å². The van der Waals surface area contributed by atoms with Crippen LogP contribution in [0.2, 0.25) is 0 Å². The first-order valence-corrected chi connectivity index (χ1v) is 9.97. The molecule has 0 spiro atoms. The van der Waals surface area contributed by atoms with Crippen molar-refractivity contribution in [1.29, 1.82) is 0 Å². The molecule has 0 saturated carbocycles. The Morgan fingerprint density at radius 3 is 2.21 bits per heavy atom. The lowest BCUT2D eigenvalue weighted by atomic mass is 10.1. The third kappa shape index (κ3) is 3.38. The molecule has 7 nitrogen and oxygen atoms in total. The highest BCUT2D eigenvalue weighted by Gasteiger charge is 2.42. The Hall–Kier alpha value is -3.13. The van der Waals surface area contributed by atoms with Crippen LogP contribution in [0.25, 0.3) is 4.91 Å². The molecule has 1 aliphatic rings. The number of hydrogen-bond acceptors (Lipinski definition) is 5. The van der Waals surface area contributed by atoms with E-state index >= 15 is 0 Å². The highest BCUT2D eigenvalue weighted by molar-refractivity contribution is 7.99. The van der Waals surface area contributed by atoms with E-state index in [1.54, 1.807) is 48.5 Å². The van der Waals surface area contributed by atoms with Gasteiger partial charge in [-0.05, 0) is 54.4 Å². The number of hydrogen-bond donors (Lipinski definition) is 1. The van der Waals surface area contributed by atoms with Crippen LogP contribution in [-0.2, 0) is 21.4 Å². The Kier molecular flexibility index (Phi) is 5.24. The predicted molar refractivity (Wildman–Crippen MR) is 105 cm³/mol. The van der Waals surface area contributed by atoms with Gasteiger partial charge in [0.15, 0.2) is 0 Å². The summed E-state index contributed by atoms with van der Waals surface area (Å²) in [6.07, 6.45) is 0. The molecule has 3 rings (SSSR count). The predicted octanol–water partition coefficient (Wildman–Crippen LogP) is 2.16. The molecule has 0 saturated heterocycles. The number of ether oxygens (including phenoxy) is 1. The summed E-state index contributed by atoms with van der Waals surface area (Å²) >= 11 is 0. The normalized spacial score (nSPS) is 15.7. The summed E-state index contributed by atoms with van der Waals surface area (Å²) in [7, 11) is -0.936. The second kappa shape index (κ2) is 7.47. The number of amides is 2. The van der Waals surface area contributed by atoms with Gasteiger partial charge in [-0.1, -0.05) is 12.1 Å². The van der Waals surface area contributed by atoms with Crippen molar-refractivity contribution in [3.8, 4) is 5.75 Å². The van der Waals surface area contributed by atoms with Crippen LogP contribution in [0.15, 0.2) is 54.1 Å². The van der Waals surface area contributed by atoms with Crippen LogP contribution in [0.4, 0.5) is 0 Å². The first-order chi connectivity index (χ1) is 13.3. The Morgan fingerprint density at radius 2 is 1.68 bits per heavy atom. The molecule has 0 radical (unpaired) electrons. The molecule has 1 heterocycles. The minimum atomic E-state index is -3.98. The summed E-state index contributed by atoms with van der Waals surface area (Å²) in [6, 6.07) is 13.0. The number of sulfonamides is 1. The molecular formula is C20H20N2O5S. The number of carbonyl (C=O) groups is 2. The van der Waals surface area contributed by atoms with E-state index in [0.29, 0.717) is 22.4 Å². The van der Waals surface area contributed by atoms with Gasteiger partial charge in [0.2, 0.25) is 0 Å². The number of nitrogens with one attached hydrogen (secondary N) is 1. The highest BCUT2D eigenvalue weighted by atomic mass is 32.2. The van der Waals surface area contributed by atoms with Crippen LogP contribution >= 0.6 is 0 Å². The maximum Gasteiger partial charge on any atom is 0.268 e. The summed E-state index contributed by atoms with van der Waals surface area (Å²) < 4.78 is 32.0. The van der Waals surface area contributed by atoms with Crippen LogP contribution in [0.3, 0.4) is 0 Å². The van der Waals surface area contributed by atoms with E-state index < -0.39 is 15.9 Å². The zero-order valence-electron chi connectivity index (χ0n) is 15.7. The summed E-state index contributed by atoms with van der Waals surface area (Å²) in [4.78, 5) is 24.3. The molecule has 2 aromatic carbocycles. The maximum atomic E-state index is 13.0. The van der Waals surface area contributed by atoms with Crippen molar-refractivity contribution < 1.29 is 22.7 Å². The minimum absolute atomic E-state index is 0.00198. The summed E-state index contributed by atoms with van der Waals surface area (Å²) in [5, 5.41) is 2.52.